The van der Waals surface area contributed by atoms with E-state index >= 15 is 0 Å². The van der Waals surface area contributed by atoms with Gasteiger partial charge in [-0.1, -0.05) is 60.7 Å². The molecule has 0 saturated carbocycles. The molecule has 2 aliphatic rings. The van der Waals surface area contributed by atoms with Crippen molar-refractivity contribution in [1.29, 1.82) is 0 Å². The number of carbonyl (C=O) groups excluding carboxylic acids is 4. The summed E-state index contributed by atoms with van der Waals surface area (Å²) in [6.45, 7) is 1.46. The van der Waals surface area contributed by atoms with Gasteiger partial charge in [0.05, 0.1) is 18.3 Å². The van der Waals surface area contributed by atoms with Crippen LogP contribution in [0.3, 0.4) is 0 Å². The number of rotatable bonds is 3. The highest BCUT2D eigenvalue weighted by molar-refractivity contribution is 6.46. The number of aliphatic hydroxyl groups excluding tert-OH is 3. The molecular weight excluding hydrogens is 440 g/mol. The van der Waals surface area contributed by atoms with E-state index in [1.807, 2.05) is 0 Å². The lowest BCUT2D eigenvalue weighted by molar-refractivity contribution is -0.119. The number of allylic oxidation sites excluding steroid dienone is 4. The molecule has 8 heteroatoms. The van der Waals surface area contributed by atoms with Crippen LogP contribution in [0.4, 0.5) is 0 Å². The van der Waals surface area contributed by atoms with Crippen molar-refractivity contribution >= 4 is 34.3 Å². The summed E-state index contributed by atoms with van der Waals surface area (Å²) in [5.74, 6) is -4.75. The Balaban J connectivity index is 0.000000229. The summed E-state index contributed by atoms with van der Waals surface area (Å²) in [6.07, 6.45) is 1.14. The second-order valence-corrected chi connectivity index (χ2v) is 7.24. The van der Waals surface area contributed by atoms with Crippen molar-refractivity contribution in [2.45, 2.75) is 6.92 Å². The van der Waals surface area contributed by atoms with Crippen LogP contribution in [0, 0.1) is 0 Å². The van der Waals surface area contributed by atoms with Crippen LogP contribution in [0.1, 0.15) is 18.1 Å². The second kappa shape index (κ2) is 9.83. The van der Waals surface area contributed by atoms with Gasteiger partial charge in [0.2, 0.25) is 34.7 Å². The van der Waals surface area contributed by atoms with Crippen molar-refractivity contribution in [2.75, 3.05) is 7.11 Å². The summed E-state index contributed by atoms with van der Waals surface area (Å²) in [4.78, 5) is 46.8. The standard InChI is InChI=1S/C18H12O4.C8H8O4/c19-15-13(11-7-3-1-4-8-11)16(20)18(22)14(17(15)21)12-9-5-2-6-10-12;1-4-3-5(9)8(12-2)7(11)6(4)10/h1-10,19,22H;3,11H,1-2H3. The van der Waals surface area contributed by atoms with Gasteiger partial charge in [-0.2, -0.15) is 0 Å². The number of Topliss-reactive ketones (excluding diaryl/α,β-unsaturated/α-hetero) is 3. The van der Waals surface area contributed by atoms with Gasteiger partial charge >= 0.3 is 0 Å². The lowest BCUT2D eigenvalue weighted by Crippen LogP contribution is -2.22. The number of carbonyl (C=O) groups is 4. The van der Waals surface area contributed by atoms with Crippen LogP contribution in [0.25, 0.3) is 11.1 Å². The Morgan fingerprint density at radius 1 is 0.618 bits per heavy atom. The summed E-state index contributed by atoms with van der Waals surface area (Å²) < 4.78 is 4.55. The molecule has 0 radical (unpaired) electrons. The fourth-order valence-corrected chi connectivity index (χ4v) is 3.36. The summed E-state index contributed by atoms with van der Waals surface area (Å²) in [5, 5.41) is 29.5. The first-order valence-corrected chi connectivity index (χ1v) is 10.00. The van der Waals surface area contributed by atoms with Gasteiger partial charge in [0.25, 0.3) is 0 Å². The topological polar surface area (TPSA) is 138 Å². The van der Waals surface area contributed by atoms with Crippen LogP contribution in [0.5, 0.6) is 0 Å². The van der Waals surface area contributed by atoms with Gasteiger partial charge in [0.1, 0.15) is 0 Å². The Bertz CT molecular complexity index is 1240. The summed E-state index contributed by atoms with van der Waals surface area (Å²) in [6, 6.07) is 16.6. The van der Waals surface area contributed by atoms with Crippen LogP contribution < -0.4 is 0 Å². The molecule has 0 fully saturated rings. The number of benzene rings is 2. The average molecular weight is 460 g/mol. The third kappa shape index (κ3) is 4.42. The van der Waals surface area contributed by atoms with Crippen LogP contribution in [-0.2, 0) is 23.9 Å². The van der Waals surface area contributed by atoms with Gasteiger partial charge in [-0.3, -0.25) is 19.2 Å². The summed E-state index contributed by atoms with van der Waals surface area (Å²) >= 11 is 0. The van der Waals surface area contributed by atoms with Crippen molar-refractivity contribution in [1.82, 2.24) is 0 Å². The molecule has 2 aromatic rings. The van der Waals surface area contributed by atoms with E-state index < -0.39 is 40.4 Å². The molecule has 0 aliphatic heterocycles. The van der Waals surface area contributed by atoms with Crippen molar-refractivity contribution in [3.8, 4) is 0 Å². The fourth-order valence-electron chi connectivity index (χ4n) is 3.36. The lowest BCUT2D eigenvalue weighted by atomic mass is 9.86. The molecule has 8 nitrogen and oxygen atoms in total. The molecule has 0 aromatic heterocycles. The van der Waals surface area contributed by atoms with Crippen LogP contribution in [0.2, 0.25) is 0 Å². The molecule has 0 atom stereocenters. The number of hydrogen-bond donors (Lipinski definition) is 3. The SMILES string of the molecule is COC1=C(O)C(=O)C(C)=CC1=O.O=C1C(O)=C(c2ccccc2)C(=O)C(O)=C1c1ccccc1. The Morgan fingerprint density at radius 3 is 1.41 bits per heavy atom. The van der Waals surface area contributed by atoms with Crippen molar-refractivity contribution in [3.63, 3.8) is 0 Å². The number of ether oxygens (including phenoxy) is 1. The number of hydrogen-bond acceptors (Lipinski definition) is 8. The minimum absolute atomic E-state index is 0.178. The van der Waals surface area contributed by atoms with Crippen LogP contribution in [0.15, 0.2) is 95.3 Å². The molecule has 0 amide bonds. The van der Waals surface area contributed by atoms with Crippen molar-refractivity contribution < 1.29 is 39.2 Å². The van der Waals surface area contributed by atoms with Gasteiger partial charge in [-0.05, 0) is 24.1 Å². The molecule has 3 N–H and O–H groups in total. The van der Waals surface area contributed by atoms with E-state index in [1.54, 1.807) is 60.7 Å². The molecular formula is C26H20O8. The monoisotopic (exact) mass is 460 g/mol. The zero-order valence-corrected chi connectivity index (χ0v) is 18.2. The maximum Gasteiger partial charge on any atom is 0.232 e. The first kappa shape index (κ1) is 23.9. The quantitative estimate of drug-likeness (QED) is 0.591. The fraction of sp³-hybridized carbons (Fsp3) is 0.0769. The van der Waals surface area contributed by atoms with E-state index in [0.29, 0.717) is 11.1 Å². The van der Waals surface area contributed by atoms with E-state index in [2.05, 4.69) is 4.74 Å². The van der Waals surface area contributed by atoms with Gasteiger partial charge in [0.15, 0.2) is 11.5 Å². The highest BCUT2D eigenvalue weighted by Crippen LogP contribution is 2.33. The summed E-state index contributed by atoms with van der Waals surface area (Å²) in [5.41, 5.74) is 0.637. The third-order valence-electron chi connectivity index (χ3n) is 5.05. The maximum atomic E-state index is 12.4. The molecule has 172 valence electrons. The van der Waals surface area contributed by atoms with E-state index in [0.717, 1.165) is 6.08 Å². The first-order valence-electron chi connectivity index (χ1n) is 10.00. The highest BCUT2D eigenvalue weighted by atomic mass is 16.5. The second-order valence-electron chi connectivity index (χ2n) is 7.24. The highest BCUT2D eigenvalue weighted by Gasteiger charge is 2.36. The van der Waals surface area contributed by atoms with Gasteiger partial charge in [-0.25, -0.2) is 0 Å². The molecule has 0 heterocycles. The van der Waals surface area contributed by atoms with Gasteiger partial charge in [-0.15, -0.1) is 0 Å². The molecule has 0 unspecified atom stereocenters. The average Bonchev–Trinajstić information content (AvgIpc) is 2.84. The van der Waals surface area contributed by atoms with E-state index in [1.165, 1.54) is 14.0 Å². The van der Waals surface area contributed by atoms with Crippen LogP contribution in [-0.4, -0.2) is 45.6 Å². The molecule has 0 bridgehead atoms. The Labute approximate surface area is 194 Å². The maximum absolute atomic E-state index is 12.4. The van der Waals surface area contributed by atoms with Crippen molar-refractivity contribution in [3.05, 3.63) is 106 Å². The summed E-state index contributed by atoms with van der Waals surface area (Å²) in [7, 11) is 1.23. The first-order chi connectivity index (χ1) is 16.2. The zero-order chi connectivity index (χ0) is 25.0. The predicted molar refractivity (Wildman–Crippen MR) is 122 cm³/mol. The third-order valence-corrected chi connectivity index (χ3v) is 5.05. The van der Waals surface area contributed by atoms with E-state index in [9.17, 15) is 29.4 Å². The largest absolute Gasteiger partial charge is 0.504 e. The van der Waals surface area contributed by atoms with Gasteiger partial charge in [0, 0.05) is 5.57 Å². The molecule has 2 aromatic carbocycles. The van der Waals surface area contributed by atoms with E-state index in [-0.39, 0.29) is 22.5 Å². The number of ketones is 4. The number of aliphatic hydroxyl groups is 3. The van der Waals surface area contributed by atoms with Gasteiger partial charge < -0.3 is 20.1 Å². The lowest BCUT2D eigenvalue weighted by Gasteiger charge is -2.18. The minimum Gasteiger partial charge on any atom is -0.504 e. The molecule has 34 heavy (non-hydrogen) atoms. The van der Waals surface area contributed by atoms with Crippen LogP contribution >= 0.6 is 0 Å². The Hall–Kier alpha value is -4.72. The molecule has 0 spiro atoms. The van der Waals surface area contributed by atoms with Crippen molar-refractivity contribution in [2.24, 2.45) is 0 Å². The zero-order valence-electron chi connectivity index (χ0n) is 18.2. The normalized spacial score (nSPS) is 16.4. The molecule has 2 aliphatic carbocycles. The van der Waals surface area contributed by atoms with E-state index in [4.69, 9.17) is 5.11 Å². The molecule has 0 saturated heterocycles. The number of methoxy groups -OCH3 is 1. The smallest absolute Gasteiger partial charge is 0.232 e. The minimum atomic E-state index is -0.762. The Morgan fingerprint density at radius 2 is 1.03 bits per heavy atom. The Kier molecular flexibility index (Phi) is 6.92. The molecule has 4 rings (SSSR count). The predicted octanol–water partition coefficient (Wildman–Crippen LogP) is 3.58.